The number of methoxy groups -OCH3 is 2. The van der Waals surface area contributed by atoms with Crippen molar-refractivity contribution in [3.63, 3.8) is 0 Å². The topological polar surface area (TPSA) is 43.2 Å². The van der Waals surface area contributed by atoms with E-state index >= 15 is 0 Å². The average molecular weight is 445 g/mol. The molecule has 0 aliphatic heterocycles. The van der Waals surface area contributed by atoms with Gasteiger partial charge in [-0.15, -0.1) is 0 Å². The molecule has 0 heterocycles. The van der Waals surface area contributed by atoms with Crippen LogP contribution in [0.4, 0.5) is 11.4 Å². The molecule has 4 nitrogen and oxygen atoms in total. The molecule has 0 unspecified atom stereocenters. The van der Waals surface area contributed by atoms with Gasteiger partial charge in [-0.1, -0.05) is 48.5 Å². The Bertz CT molecular complexity index is 1400. The number of aliphatic imine (C=N–C) groups is 2. The Morgan fingerprint density at radius 1 is 0.471 bits per heavy atom. The van der Waals surface area contributed by atoms with Gasteiger partial charge in [0.25, 0.3) is 0 Å². The van der Waals surface area contributed by atoms with Gasteiger partial charge in [0.05, 0.1) is 25.6 Å². The molecule has 5 aromatic carbocycles. The fourth-order valence-electron chi connectivity index (χ4n) is 4.08. The highest BCUT2D eigenvalue weighted by Crippen LogP contribution is 2.29. The summed E-state index contributed by atoms with van der Waals surface area (Å²) in [4.78, 5) is 9.34. The molecule has 0 saturated heterocycles. The zero-order valence-corrected chi connectivity index (χ0v) is 19.1. The summed E-state index contributed by atoms with van der Waals surface area (Å²) in [5.41, 5.74) is 3.83. The van der Waals surface area contributed by atoms with Crippen LogP contribution in [0.3, 0.4) is 0 Å². The number of hydrogen-bond donors (Lipinski definition) is 0. The Hall–Kier alpha value is -4.44. The fourth-order valence-corrected chi connectivity index (χ4v) is 4.08. The predicted molar refractivity (Wildman–Crippen MR) is 142 cm³/mol. The lowest BCUT2D eigenvalue weighted by molar-refractivity contribution is 0.419. The van der Waals surface area contributed by atoms with E-state index in [-0.39, 0.29) is 0 Å². The summed E-state index contributed by atoms with van der Waals surface area (Å²) in [6.45, 7) is 0. The molecule has 166 valence electrons. The molecule has 0 amide bonds. The summed E-state index contributed by atoms with van der Waals surface area (Å²) < 4.78 is 11.0. The van der Waals surface area contributed by atoms with Gasteiger partial charge < -0.3 is 9.47 Å². The monoisotopic (exact) mass is 444 g/mol. The van der Waals surface area contributed by atoms with Crippen LogP contribution in [0.5, 0.6) is 11.5 Å². The standard InChI is InChI=1S/C30H24N2O2/c1-33-29-17-11-21(25-7-3-5-9-27(25)29)19-31-23-13-15-24(16-14-23)32-20-22-12-18-30(34-2)28-10-6-4-8-26(22)28/h3-20H,1-2H3. The zero-order chi connectivity index (χ0) is 23.3. The predicted octanol–water partition coefficient (Wildman–Crippen LogP) is 7.51. The smallest absolute Gasteiger partial charge is 0.126 e. The van der Waals surface area contributed by atoms with Crippen LogP contribution in [0.15, 0.2) is 107 Å². The van der Waals surface area contributed by atoms with E-state index in [0.717, 1.165) is 55.5 Å². The Balaban J connectivity index is 1.37. The van der Waals surface area contributed by atoms with Crippen molar-refractivity contribution in [3.05, 3.63) is 108 Å². The number of ether oxygens (including phenoxy) is 2. The van der Waals surface area contributed by atoms with Crippen molar-refractivity contribution in [2.45, 2.75) is 0 Å². The van der Waals surface area contributed by atoms with Gasteiger partial charge in [-0.05, 0) is 59.3 Å². The van der Waals surface area contributed by atoms with Crippen molar-refractivity contribution >= 4 is 45.3 Å². The molecule has 0 saturated carbocycles. The summed E-state index contributed by atoms with van der Waals surface area (Å²) in [5.74, 6) is 1.72. The third-order valence-corrected chi connectivity index (χ3v) is 5.83. The lowest BCUT2D eigenvalue weighted by Crippen LogP contribution is -1.89. The highest BCUT2D eigenvalue weighted by Gasteiger charge is 2.05. The van der Waals surface area contributed by atoms with Gasteiger partial charge in [0.15, 0.2) is 0 Å². The first-order valence-corrected chi connectivity index (χ1v) is 11.1. The van der Waals surface area contributed by atoms with Crippen molar-refractivity contribution in [2.75, 3.05) is 14.2 Å². The Morgan fingerprint density at radius 2 is 0.853 bits per heavy atom. The minimum Gasteiger partial charge on any atom is -0.496 e. The van der Waals surface area contributed by atoms with Gasteiger partial charge in [-0.2, -0.15) is 0 Å². The molecular weight excluding hydrogens is 420 g/mol. The minimum atomic E-state index is 0.861. The molecule has 0 aliphatic carbocycles. The Labute approximate surface area is 198 Å². The summed E-state index contributed by atoms with van der Waals surface area (Å²) in [7, 11) is 3.38. The van der Waals surface area contributed by atoms with E-state index < -0.39 is 0 Å². The summed E-state index contributed by atoms with van der Waals surface area (Å²) in [5, 5.41) is 4.37. The quantitative estimate of drug-likeness (QED) is 0.254. The second kappa shape index (κ2) is 9.59. The molecule has 0 bridgehead atoms. The van der Waals surface area contributed by atoms with E-state index in [0.29, 0.717) is 0 Å². The number of rotatable bonds is 6. The van der Waals surface area contributed by atoms with Crippen LogP contribution in [0.1, 0.15) is 11.1 Å². The normalized spacial score (nSPS) is 11.6. The lowest BCUT2D eigenvalue weighted by Gasteiger charge is -2.07. The zero-order valence-electron chi connectivity index (χ0n) is 19.1. The van der Waals surface area contributed by atoms with E-state index in [1.54, 1.807) is 14.2 Å². The summed E-state index contributed by atoms with van der Waals surface area (Å²) >= 11 is 0. The van der Waals surface area contributed by atoms with Gasteiger partial charge in [0, 0.05) is 34.3 Å². The van der Waals surface area contributed by atoms with Crippen molar-refractivity contribution in [3.8, 4) is 11.5 Å². The molecule has 5 rings (SSSR count). The van der Waals surface area contributed by atoms with Crippen LogP contribution in [-0.2, 0) is 0 Å². The second-order valence-electron chi connectivity index (χ2n) is 7.84. The van der Waals surface area contributed by atoms with Crippen LogP contribution in [-0.4, -0.2) is 26.6 Å². The van der Waals surface area contributed by atoms with Crippen LogP contribution < -0.4 is 9.47 Å². The van der Waals surface area contributed by atoms with Gasteiger partial charge >= 0.3 is 0 Å². The van der Waals surface area contributed by atoms with Gasteiger partial charge in [-0.3, -0.25) is 9.98 Å². The number of benzene rings is 5. The van der Waals surface area contributed by atoms with E-state index in [1.165, 1.54) is 0 Å². The van der Waals surface area contributed by atoms with Crippen LogP contribution >= 0.6 is 0 Å². The van der Waals surface area contributed by atoms with E-state index in [4.69, 9.17) is 9.47 Å². The van der Waals surface area contributed by atoms with Gasteiger partial charge in [0.2, 0.25) is 0 Å². The number of fused-ring (bicyclic) bond motifs is 2. The highest BCUT2D eigenvalue weighted by molar-refractivity contribution is 6.04. The third-order valence-electron chi connectivity index (χ3n) is 5.83. The third kappa shape index (κ3) is 4.26. The van der Waals surface area contributed by atoms with Crippen LogP contribution in [0.2, 0.25) is 0 Å². The molecule has 4 heteroatoms. The molecule has 0 atom stereocenters. The SMILES string of the molecule is COc1ccc(C=Nc2ccc(N=Cc3ccc(OC)c4ccccc34)cc2)c2ccccc12. The van der Waals surface area contributed by atoms with Crippen molar-refractivity contribution in [2.24, 2.45) is 9.98 Å². The fraction of sp³-hybridized carbons (Fsp3) is 0.0667. The number of nitrogens with zero attached hydrogens (tertiary/aromatic N) is 2. The van der Waals surface area contributed by atoms with Crippen molar-refractivity contribution < 1.29 is 9.47 Å². The molecule has 0 radical (unpaired) electrons. The maximum absolute atomic E-state index is 5.48. The molecule has 0 aromatic heterocycles. The second-order valence-corrected chi connectivity index (χ2v) is 7.84. The van der Waals surface area contributed by atoms with Crippen molar-refractivity contribution in [1.29, 1.82) is 0 Å². The molecule has 5 aromatic rings. The lowest BCUT2D eigenvalue weighted by atomic mass is 10.0. The van der Waals surface area contributed by atoms with Crippen LogP contribution in [0.25, 0.3) is 21.5 Å². The van der Waals surface area contributed by atoms with Crippen molar-refractivity contribution in [1.82, 2.24) is 0 Å². The van der Waals surface area contributed by atoms with Gasteiger partial charge in [-0.25, -0.2) is 0 Å². The van der Waals surface area contributed by atoms with E-state index in [9.17, 15) is 0 Å². The number of hydrogen-bond acceptors (Lipinski definition) is 4. The maximum atomic E-state index is 5.48. The average Bonchev–Trinajstić information content (AvgIpc) is 2.91. The first kappa shape index (κ1) is 21.4. The molecule has 0 N–H and O–H groups in total. The highest BCUT2D eigenvalue weighted by atomic mass is 16.5. The summed E-state index contributed by atoms with van der Waals surface area (Å²) in [6, 6.07) is 32.3. The Morgan fingerprint density at radius 3 is 1.24 bits per heavy atom. The van der Waals surface area contributed by atoms with Crippen LogP contribution in [0, 0.1) is 0 Å². The Kier molecular flexibility index (Phi) is 6.04. The molecular formula is C30H24N2O2. The summed E-state index contributed by atoms with van der Waals surface area (Å²) in [6.07, 6.45) is 3.78. The first-order valence-electron chi connectivity index (χ1n) is 11.1. The molecule has 0 spiro atoms. The van der Waals surface area contributed by atoms with E-state index in [1.807, 2.05) is 85.2 Å². The first-order chi connectivity index (χ1) is 16.8. The molecule has 0 aliphatic rings. The minimum absolute atomic E-state index is 0.861. The molecule has 34 heavy (non-hydrogen) atoms. The van der Waals surface area contributed by atoms with E-state index in [2.05, 4.69) is 34.3 Å². The van der Waals surface area contributed by atoms with Gasteiger partial charge in [0.1, 0.15) is 11.5 Å². The maximum Gasteiger partial charge on any atom is 0.126 e. The largest absolute Gasteiger partial charge is 0.496 e. The molecule has 0 fully saturated rings.